The average Bonchev–Trinajstić information content (AvgIpc) is 3.16. The summed E-state index contributed by atoms with van der Waals surface area (Å²) in [4.78, 5) is 16.7. The van der Waals surface area contributed by atoms with Crippen molar-refractivity contribution in [2.24, 2.45) is 0 Å². The van der Waals surface area contributed by atoms with Gasteiger partial charge < -0.3 is 9.64 Å². The molecule has 0 N–H and O–H groups in total. The molecule has 1 aromatic heterocycles. The summed E-state index contributed by atoms with van der Waals surface area (Å²) in [5, 5.41) is 5.63. The van der Waals surface area contributed by atoms with E-state index in [1.807, 2.05) is 41.9 Å². The largest absolute Gasteiger partial charge is 0.375 e. The molecule has 0 aliphatic carbocycles. The maximum absolute atomic E-state index is 12.5. The monoisotopic (exact) mass is 452 g/mol. The lowest BCUT2D eigenvalue weighted by Crippen LogP contribution is -2.34. The van der Waals surface area contributed by atoms with Crippen molar-refractivity contribution in [2.75, 3.05) is 26.8 Å². The quantitative estimate of drug-likeness (QED) is 0.516. The molecule has 0 saturated heterocycles. The zero-order valence-corrected chi connectivity index (χ0v) is 19.4. The van der Waals surface area contributed by atoms with Crippen LogP contribution < -0.4 is 0 Å². The topological polar surface area (TPSA) is 50.6 Å². The summed E-state index contributed by atoms with van der Waals surface area (Å²) in [7, 11) is 1.54. The minimum absolute atomic E-state index is 0.0343. The van der Waals surface area contributed by atoms with Gasteiger partial charge in [0.15, 0.2) is 0 Å². The van der Waals surface area contributed by atoms with Crippen LogP contribution in [0.3, 0.4) is 0 Å². The zero-order valence-electron chi connectivity index (χ0n) is 18.6. The van der Waals surface area contributed by atoms with Crippen LogP contribution in [-0.2, 0) is 35.6 Å². The molecule has 0 saturated carbocycles. The Labute approximate surface area is 194 Å². The number of hydrogen-bond donors (Lipinski definition) is 0. The lowest BCUT2D eigenvalue weighted by atomic mass is 10.0. The Kier molecular flexibility index (Phi) is 7.25. The van der Waals surface area contributed by atoms with Gasteiger partial charge in [0.25, 0.3) is 0 Å². The van der Waals surface area contributed by atoms with Crippen molar-refractivity contribution in [3.05, 3.63) is 82.1 Å². The van der Waals surface area contributed by atoms with Gasteiger partial charge in [-0.25, -0.2) is 4.68 Å². The fourth-order valence-electron chi connectivity index (χ4n) is 4.24. The molecule has 0 bridgehead atoms. The molecule has 0 radical (unpaired) electrons. The van der Waals surface area contributed by atoms with E-state index in [2.05, 4.69) is 29.2 Å². The van der Waals surface area contributed by atoms with E-state index in [9.17, 15) is 4.79 Å². The second-order valence-corrected chi connectivity index (χ2v) is 8.43. The standard InChI is InChI=1S/C25H29ClN4O2/c1-3-29(25(31)18-32-2)17-22-20-16-28(15-19-9-5-4-6-10-19)14-13-23(20)30(27-22)24-12-8-7-11-21(24)26/h4-12H,3,13-18H2,1-2H3. The number of aromatic nitrogens is 2. The van der Waals surface area contributed by atoms with Crippen molar-refractivity contribution in [3.8, 4) is 5.69 Å². The van der Waals surface area contributed by atoms with Crippen LogP contribution in [0, 0.1) is 0 Å². The summed E-state index contributed by atoms with van der Waals surface area (Å²) < 4.78 is 7.04. The van der Waals surface area contributed by atoms with E-state index in [-0.39, 0.29) is 12.5 Å². The number of para-hydroxylation sites is 1. The van der Waals surface area contributed by atoms with Crippen LogP contribution in [-0.4, -0.2) is 52.3 Å². The predicted octanol–water partition coefficient (Wildman–Crippen LogP) is 4.08. The van der Waals surface area contributed by atoms with E-state index in [1.54, 1.807) is 12.0 Å². The van der Waals surface area contributed by atoms with E-state index in [0.29, 0.717) is 18.1 Å². The van der Waals surface area contributed by atoms with Crippen molar-refractivity contribution in [3.63, 3.8) is 0 Å². The van der Waals surface area contributed by atoms with Crippen molar-refractivity contribution < 1.29 is 9.53 Å². The van der Waals surface area contributed by atoms with Crippen LogP contribution in [0.1, 0.15) is 29.4 Å². The van der Waals surface area contributed by atoms with Crippen molar-refractivity contribution in [2.45, 2.75) is 33.0 Å². The summed E-state index contributed by atoms with van der Waals surface area (Å²) in [6.07, 6.45) is 0.874. The first-order chi connectivity index (χ1) is 15.6. The molecule has 32 heavy (non-hydrogen) atoms. The number of hydrogen-bond acceptors (Lipinski definition) is 4. The second-order valence-electron chi connectivity index (χ2n) is 8.02. The number of carbonyl (C=O) groups excluding carboxylic acids is 1. The van der Waals surface area contributed by atoms with Gasteiger partial charge in [-0.15, -0.1) is 0 Å². The van der Waals surface area contributed by atoms with Crippen molar-refractivity contribution in [1.29, 1.82) is 0 Å². The molecule has 0 atom stereocenters. The Morgan fingerprint density at radius 1 is 1.16 bits per heavy atom. The Balaban J connectivity index is 1.68. The van der Waals surface area contributed by atoms with Gasteiger partial charge >= 0.3 is 0 Å². The van der Waals surface area contributed by atoms with Crippen LogP contribution in [0.2, 0.25) is 5.02 Å². The number of benzene rings is 2. The van der Waals surface area contributed by atoms with Gasteiger partial charge in [-0.1, -0.05) is 54.1 Å². The first-order valence-electron chi connectivity index (χ1n) is 11.0. The van der Waals surface area contributed by atoms with E-state index in [0.717, 1.165) is 37.4 Å². The number of amides is 1. The third kappa shape index (κ3) is 4.88. The third-order valence-electron chi connectivity index (χ3n) is 5.89. The number of rotatable bonds is 8. The number of nitrogens with zero attached hydrogens (tertiary/aromatic N) is 4. The summed E-state index contributed by atoms with van der Waals surface area (Å²) in [5.74, 6) is -0.0343. The number of ether oxygens (including phenoxy) is 1. The normalized spacial score (nSPS) is 13.7. The lowest BCUT2D eigenvalue weighted by Gasteiger charge is -2.28. The molecular weight excluding hydrogens is 424 g/mol. The highest BCUT2D eigenvalue weighted by Crippen LogP contribution is 2.29. The summed E-state index contributed by atoms with van der Waals surface area (Å²) in [5.41, 5.74) is 5.45. The molecule has 1 aliphatic rings. The SMILES string of the molecule is CCN(Cc1nn(-c2ccccc2Cl)c2c1CN(Cc1ccccc1)CC2)C(=O)COC. The van der Waals surface area contributed by atoms with Gasteiger partial charge in [0.2, 0.25) is 5.91 Å². The Morgan fingerprint density at radius 2 is 1.91 bits per heavy atom. The minimum Gasteiger partial charge on any atom is -0.375 e. The molecule has 6 nitrogen and oxygen atoms in total. The molecule has 0 spiro atoms. The fourth-order valence-corrected chi connectivity index (χ4v) is 4.46. The van der Waals surface area contributed by atoms with Crippen LogP contribution in [0.5, 0.6) is 0 Å². The summed E-state index contributed by atoms with van der Waals surface area (Å²) in [6, 6.07) is 18.3. The lowest BCUT2D eigenvalue weighted by molar-refractivity contribution is -0.135. The summed E-state index contributed by atoms with van der Waals surface area (Å²) in [6.45, 7) is 5.73. The molecule has 2 heterocycles. The fraction of sp³-hybridized carbons (Fsp3) is 0.360. The third-order valence-corrected chi connectivity index (χ3v) is 6.21. The van der Waals surface area contributed by atoms with Crippen molar-refractivity contribution in [1.82, 2.24) is 19.6 Å². The van der Waals surface area contributed by atoms with Gasteiger partial charge in [0.1, 0.15) is 6.61 Å². The summed E-state index contributed by atoms with van der Waals surface area (Å²) >= 11 is 6.52. The van der Waals surface area contributed by atoms with Crippen LogP contribution in [0.25, 0.3) is 5.69 Å². The Bertz CT molecular complexity index is 1070. The highest BCUT2D eigenvalue weighted by atomic mass is 35.5. The predicted molar refractivity (Wildman–Crippen MR) is 126 cm³/mol. The average molecular weight is 453 g/mol. The van der Waals surface area contributed by atoms with E-state index >= 15 is 0 Å². The van der Waals surface area contributed by atoms with E-state index in [4.69, 9.17) is 21.4 Å². The number of carbonyl (C=O) groups is 1. The molecule has 1 amide bonds. The molecule has 0 unspecified atom stereocenters. The van der Waals surface area contributed by atoms with Crippen LogP contribution >= 0.6 is 11.6 Å². The molecular formula is C25H29ClN4O2. The van der Waals surface area contributed by atoms with E-state index in [1.165, 1.54) is 16.8 Å². The Morgan fingerprint density at radius 3 is 2.62 bits per heavy atom. The number of methoxy groups -OCH3 is 1. The highest BCUT2D eigenvalue weighted by Gasteiger charge is 2.27. The van der Waals surface area contributed by atoms with Crippen LogP contribution in [0.15, 0.2) is 54.6 Å². The smallest absolute Gasteiger partial charge is 0.248 e. The maximum Gasteiger partial charge on any atom is 0.248 e. The van der Waals surface area contributed by atoms with Gasteiger partial charge in [-0.2, -0.15) is 5.10 Å². The molecule has 168 valence electrons. The van der Waals surface area contributed by atoms with Gasteiger partial charge in [-0.3, -0.25) is 9.69 Å². The minimum atomic E-state index is -0.0343. The molecule has 7 heteroatoms. The molecule has 4 rings (SSSR count). The van der Waals surface area contributed by atoms with Gasteiger partial charge in [0, 0.05) is 45.3 Å². The second kappa shape index (κ2) is 10.3. The number of halogens is 1. The van der Waals surface area contributed by atoms with Crippen molar-refractivity contribution >= 4 is 17.5 Å². The number of likely N-dealkylation sites (N-methyl/N-ethyl adjacent to an activating group) is 1. The van der Waals surface area contributed by atoms with E-state index < -0.39 is 0 Å². The maximum atomic E-state index is 12.5. The zero-order chi connectivity index (χ0) is 22.5. The molecule has 1 aliphatic heterocycles. The van der Waals surface area contributed by atoms with Crippen LogP contribution in [0.4, 0.5) is 0 Å². The number of fused-ring (bicyclic) bond motifs is 1. The highest BCUT2D eigenvalue weighted by molar-refractivity contribution is 6.32. The van der Waals surface area contributed by atoms with Gasteiger partial charge in [0.05, 0.1) is 28.6 Å². The Hall–Kier alpha value is -2.67. The molecule has 2 aromatic carbocycles. The molecule has 3 aromatic rings. The van der Waals surface area contributed by atoms with Gasteiger partial charge in [-0.05, 0) is 24.6 Å². The first kappa shape index (κ1) is 22.5. The first-order valence-corrected chi connectivity index (χ1v) is 11.4. The molecule has 0 fully saturated rings.